The molecular formula is C18H18O3. The lowest BCUT2D eigenvalue weighted by molar-refractivity contribution is 0.0993. The van der Waals surface area contributed by atoms with Crippen LogP contribution < -0.4 is 9.47 Å². The van der Waals surface area contributed by atoms with Gasteiger partial charge in [0.15, 0.2) is 5.78 Å². The molecule has 0 N–H and O–H groups in total. The molecule has 0 aliphatic carbocycles. The van der Waals surface area contributed by atoms with Crippen molar-refractivity contribution in [1.29, 1.82) is 0 Å². The quantitative estimate of drug-likeness (QED) is 0.806. The average molecular weight is 282 g/mol. The largest absolute Gasteiger partial charge is 0.497 e. The molecule has 0 radical (unpaired) electrons. The number of benzene rings is 2. The highest BCUT2D eigenvalue weighted by molar-refractivity contribution is 5.97. The van der Waals surface area contributed by atoms with Gasteiger partial charge in [-0.05, 0) is 48.4 Å². The summed E-state index contributed by atoms with van der Waals surface area (Å²) in [4.78, 5) is 12.4. The number of hydrogen-bond donors (Lipinski definition) is 0. The van der Waals surface area contributed by atoms with E-state index in [-0.39, 0.29) is 11.9 Å². The third-order valence-electron chi connectivity index (χ3n) is 3.74. The molecule has 0 amide bonds. The Kier molecular flexibility index (Phi) is 3.65. The first-order valence-corrected chi connectivity index (χ1v) is 7.11. The molecule has 1 aliphatic heterocycles. The van der Waals surface area contributed by atoms with Crippen molar-refractivity contribution in [2.24, 2.45) is 0 Å². The van der Waals surface area contributed by atoms with Crippen LogP contribution >= 0.6 is 0 Å². The minimum Gasteiger partial charge on any atom is -0.497 e. The van der Waals surface area contributed by atoms with Gasteiger partial charge in [0, 0.05) is 18.4 Å². The number of carbonyl (C=O) groups excluding carboxylic acids is 1. The van der Waals surface area contributed by atoms with E-state index in [0.29, 0.717) is 6.42 Å². The summed E-state index contributed by atoms with van der Waals surface area (Å²) < 4.78 is 10.8. The van der Waals surface area contributed by atoms with Crippen LogP contribution in [-0.2, 0) is 12.8 Å². The van der Waals surface area contributed by atoms with Gasteiger partial charge in [-0.3, -0.25) is 4.79 Å². The normalized spacial score (nSPS) is 16.2. The van der Waals surface area contributed by atoms with Crippen molar-refractivity contribution in [2.75, 3.05) is 7.11 Å². The highest BCUT2D eigenvalue weighted by Crippen LogP contribution is 2.29. The Morgan fingerprint density at radius 2 is 2.00 bits per heavy atom. The van der Waals surface area contributed by atoms with Crippen LogP contribution in [0.5, 0.6) is 11.5 Å². The molecular weight excluding hydrogens is 264 g/mol. The molecule has 0 bridgehead atoms. The van der Waals surface area contributed by atoms with Crippen molar-refractivity contribution >= 4 is 5.78 Å². The second-order valence-corrected chi connectivity index (χ2v) is 5.40. The monoisotopic (exact) mass is 282 g/mol. The second-order valence-electron chi connectivity index (χ2n) is 5.40. The lowest BCUT2D eigenvalue weighted by Crippen LogP contribution is -2.05. The zero-order valence-electron chi connectivity index (χ0n) is 12.3. The minimum absolute atomic E-state index is 0.127. The number of fused-ring (bicyclic) bond motifs is 1. The summed E-state index contributed by atoms with van der Waals surface area (Å²) in [5.41, 5.74) is 2.87. The fourth-order valence-electron chi connectivity index (χ4n) is 2.63. The Labute approximate surface area is 124 Å². The smallest absolute Gasteiger partial charge is 0.167 e. The maximum Gasteiger partial charge on any atom is 0.167 e. The summed E-state index contributed by atoms with van der Waals surface area (Å²) >= 11 is 0. The molecule has 0 aromatic heterocycles. The highest BCUT2D eigenvalue weighted by Gasteiger charge is 2.20. The highest BCUT2D eigenvalue weighted by atomic mass is 16.5. The van der Waals surface area contributed by atoms with E-state index in [2.05, 4.69) is 0 Å². The third-order valence-corrected chi connectivity index (χ3v) is 3.74. The molecule has 0 fully saturated rings. The van der Waals surface area contributed by atoms with Crippen molar-refractivity contribution in [3.63, 3.8) is 0 Å². The van der Waals surface area contributed by atoms with E-state index in [0.717, 1.165) is 34.6 Å². The van der Waals surface area contributed by atoms with Gasteiger partial charge in [0.25, 0.3) is 0 Å². The number of carbonyl (C=O) groups is 1. The van der Waals surface area contributed by atoms with Gasteiger partial charge in [-0.1, -0.05) is 12.1 Å². The topological polar surface area (TPSA) is 35.5 Å². The van der Waals surface area contributed by atoms with Crippen LogP contribution in [0.3, 0.4) is 0 Å². The van der Waals surface area contributed by atoms with Gasteiger partial charge >= 0.3 is 0 Å². The van der Waals surface area contributed by atoms with E-state index in [9.17, 15) is 4.79 Å². The maximum absolute atomic E-state index is 12.4. The van der Waals surface area contributed by atoms with E-state index in [4.69, 9.17) is 9.47 Å². The predicted octanol–water partition coefficient (Wildman–Crippen LogP) is 3.44. The Morgan fingerprint density at radius 1 is 1.24 bits per heavy atom. The predicted molar refractivity (Wildman–Crippen MR) is 81.3 cm³/mol. The maximum atomic E-state index is 12.4. The zero-order chi connectivity index (χ0) is 14.8. The van der Waals surface area contributed by atoms with E-state index < -0.39 is 0 Å². The van der Waals surface area contributed by atoms with Crippen LogP contribution in [0.4, 0.5) is 0 Å². The third kappa shape index (κ3) is 2.92. The molecule has 0 saturated heterocycles. The molecule has 3 nitrogen and oxygen atoms in total. The second kappa shape index (κ2) is 5.60. The molecule has 2 aromatic carbocycles. The number of Topliss-reactive ketones (excluding diaryl/α,β-unsaturated/α-hetero) is 1. The van der Waals surface area contributed by atoms with E-state index in [1.807, 2.05) is 49.4 Å². The molecule has 1 heterocycles. The van der Waals surface area contributed by atoms with Gasteiger partial charge in [-0.25, -0.2) is 0 Å². The van der Waals surface area contributed by atoms with Gasteiger partial charge in [-0.15, -0.1) is 0 Å². The molecule has 3 rings (SSSR count). The Balaban J connectivity index is 1.75. The van der Waals surface area contributed by atoms with Crippen LogP contribution in [0.25, 0.3) is 0 Å². The molecule has 3 heteroatoms. The van der Waals surface area contributed by atoms with Crippen molar-refractivity contribution in [3.05, 3.63) is 59.2 Å². The number of rotatable bonds is 4. The lowest BCUT2D eigenvalue weighted by Gasteiger charge is -2.05. The van der Waals surface area contributed by atoms with E-state index >= 15 is 0 Å². The number of hydrogen-bond acceptors (Lipinski definition) is 3. The number of ketones is 1. The first-order valence-electron chi connectivity index (χ1n) is 7.11. The van der Waals surface area contributed by atoms with E-state index in [1.165, 1.54) is 0 Å². The first-order chi connectivity index (χ1) is 10.2. The summed E-state index contributed by atoms with van der Waals surface area (Å²) in [6.45, 7) is 2.04. The molecule has 1 aliphatic rings. The lowest BCUT2D eigenvalue weighted by atomic mass is 10.00. The zero-order valence-corrected chi connectivity index (χ0v) is 12.3. The molecule has 1 unspecified atom stereocenters. The van der Waals surface area contributed by atoms with Gasteiger partial charge in [0.1, 0.15) is 17.6 Å². The molecule has 2 aromatic rings. The first kappa shape index (κ1) is 13.7. The number of methoxy groups -OCH3 is 1. The molecule has 0 saturated carbocycles. The Morgan fingerprint density at radius 3 is 2.71 bits per heavy atom. The average Bonchev–Trinajstić information content (AvgIpc) is 2.87. The van der Waals surface area contributed by atoms with Crippen molar-refractivity contribution in [2.45, 2.75) is 25.9 Å². The molecule has 0 spiro atoms. The minimum atomic E-state index is 0.127. The van der Waals surface area contributed by atoms with Crippen LogP contribution in [0, 0.1) is 0 Å². The van der Waals surface area contributed by atoms with Gasteiger partial charge < -0.3 is 9.47 Å². The van der Waals surface area contributed by atoms with Crippen LogP contribution in [-0.4, -0.2) is 19.0 Å². The Hall–Kier alpha value is -2.29. The molecule has 108 valence electrons. The van der Waals surface area contributed by atoms with Gasteiger partial charge in [0.05, 0.1) is 7.11 Å². The van der Waals surface area contributed by atoms with Gasteiger partial charge in [-0.2, -0.15) is 0 Å². The summed E-state index contributed by atoms with van der Waals surface area (Å²) in [6.07, 6.45) is 1.48. The SMILES string of the molecule is COc1ccc(CC(=O)c2ccc3c(c2)CC(C)O3)cc1. The van der Waals surface area contributed by atoms with Crippen molar-refractivity contribution in [3.8, 4) is 11.5 Å². The molecule has 1 atom stereocenters. The van der Waals surface area contributed by atoms with Crippen molar-refractivity contribution in [1.82, 2.24) is 0 Å². The van der Waals surface area contributed by atoms with Crippen molar-refractivity contribution < 1.29 is 14.3 Å². The fraction of sp³-hybridized carbons (Fsp3) is 0.278. The summed E-state index contributed by atoms with van der Waals surface area (Å²) in [6, 6.07) is 13.3. The van der Waals surface area contributed by atoms with Crippen LogP contribution in [0.2, 0.25) is 0 Å². The molecule has 21 heavy (non-hydrogen) atoms. The Bertz CT molecular complexity index is 659. The van der Waals surface area contributed by atoms with Crippen LogP contribution in [0.1, 0.15) is 28.4 Å². The summed E-state index contributed by atoms with van der Waals surface area (Å²) in [5.74, 6) is 1.83. The van der Waals surface area contributed by atoms with Gasteiger partial charge in [0.2, 0.25) is 0 Å². The number of ether oxygens (including phenoxy) is 2. The summed E-state index contributed by atoms with van der Waals surface area (Å²) in [7, 11) is 1.63. The van der Waals surface area contributed by atoms with Crippen LogP contribution in [0.15, 0.2) is 42.5 Å². The summed E-state index contributed by atoms with van der Waals surface area (Å²) in [5, 5.41) is 0. The standard InChI is InChI=1S/C18H18O3/c1-12-9-15-11-14(5-8-18(15)21-12)17(19)10-13-3-6-16(20-2)7-4-13/h3-8,11-12H,9-10H2,1-2H3. The van der Waals surface area contributed by atoms with E-state index in [1.54, 1.807) is 7.11 Å². The fourth-order valence-corrected chi connectivity index (χ4v) is 2.63.